The fourth-order valence-corrected chi connectivity index (χ4v) is 1.22. The van der Waals surface area contributed by atoms with Gasteiger partial charge in [0.2, 0.25) is 0 Å². The number of nitrogens with one attached hydrogen (secondary N) is 1. The van der Waals surface area contributed by atoms with Gasteiger partial charge in [0.05, 0.1) is 11.1 Å². The van der Waals surface area contributed by atoms with Crippen molar-refractivity contribution in [3.63, 3.8) is 0 Å². The van der Waals surface area contributed by atoms with Crippen molar-refractivity contribution in [1.82, 2.24) is 4.98 Å². The van der Waals surface area contributed by atoms with Gasteiger partial charge in [-0.15, -0.1) is 0 Å². The lowest BCUT2D eigenvalue weighted by atomic mass is 10.2. The summed E-state index contributed by atoms with van der Waals surface area (Å²) in [6.45, 7) is 0.512. The topological polar surface area (TPSA) is 81.2 Å². The Morgan fingerprint density at radius 2 is 2.12 bits per heavy atom. The van der Waals surface area contributed by atoms with E-state index >= 15 is 0 Å². The molecule has 0 spiro atoms. The molecule has 0 saturated heterocycles. The molecule has 2 rings (SSSR count). The van der Waals surface area contributed by atoms with Gasteiger partial charge < -0.3 is 9.73 Å². The molecule has 1 aromatic heterocycles. The molecule has 0 aliphatic carbocycles. The number of rotatable bonds is 4. The quantitative estimate of drug-likeness (QED) is 0.629. The monoisotopic (exact) mass is 219 g/mol. The standard InChI is InChI=1S/C10H9N3O3/c14-13(15)9-3-1-8(2-4-9)7-12-10-11-5-6-16-10/h1-6H,7H2,(H,11,12). The molecule has 0 radical (unpaired) electrons. The predicted molar refractivity (Wildman–Crippen MR) is 56.9 cm³/mol. The third-order valence-electron chi connectivity index (χ3n) is 2.02. The van der Waals surface area contributed by atoms with E-state index in [1.54, 1.807) is 12.1 Å². The fraction of sp³-hybridized carbons (Fsp3) is 0.100. The summed E-state index contributed by atoms with van der Waals surface area (Å²) in [5, 5.41) is 13.4. The molecule has 0 bridgehead atoms. The van der Waals surface area contributed by atoms with Crippen molar-refractivity contribution in [3.8, 4) is 0 Å². The minimum absolute atomic E-state index is 0.0832. The van der Waals surface area contributed by atoms with E-state index in [0.29, 0.717) is 12.6 Å². The van der Waals surface area contributed by atoms with Gasteiger partial charge in [-0.3, -0.25) is 10.1 Å². The summed E-state index contributed by atoms with van der Waals surface area (Å²) in [7, 11) is 0. The summed E-state index contributed by atoms with van der Waals surface area (Å²) < 4.78 is 4.99. The largest absolute Gasteiger partial charge is 0.432 e. The van der Waals surface area contributed by atoms with Crippen molar-refractivity contribution in [3.05, 3.63) is 52.4 Å². The molecular weight excluding hydrogens is 210 g/mol. The van der Waals surface area contributed by atoms with E-state index in [4.69, 9.17) is 4.42 Å². The van der Waals surface area contributed by atoms with Crippen LogP contribution in [0.5, 0.6) is 0 Å². The minimum atomic E-state index is -0.425. The highest BCUT2D eigenvalue weighted by Gasteiger charge is 2.04. The summed E-state index contributed by atoms with van der Waals surface area (Å²) in [5.74, 6) is 0. The Morgan fingerprint density at radius 3 is 2.69 bits per heavy atom. The highest BCUT2D eigenvalue weighted by Crippen LogP contribution is 2.13. The highest BCUT2D eigenvalue weighted by molar-refractivity contribution is 5.34. The van der Waals surface area contributed by atoms with E-state index in [1.165, 1.54) is 24.6 Å². The lowest BCUT2D eigenvalue weighted by molar-refractivity contribution is -0.384. The van der Waals surface area contributed by atoms with E-state index < -0.39 is 4.92 Å². The molecule has 82 valence electrons. The van der Waals surface area contributed by atoms with Gasteiger partial charge in [0.1, 0.15) is 6.26 Å². The Labute approximate surface area is 91.1 Å². The molecule has 0 amide bonds. The second kappa shape index (κ2) is 4.43. The van der Waals surface area contributed by atoms with Crippen LogP contribution >= 0.6 is 0 Å². The number of non-ortho nitro benzene ring substituents is 1. The first-order valence-corrected chi connectivity index (χ1v) is 4.62. The Kier molecular flexibility index (Phi) is 2.81. The van der Waals surface area contributed by atoms with E-state index in [-0.39, 0.29) is 5.69 Å². The first-order chi connectivity index (χ1) is 7.75. The van der Waals surface area contributed by atoms with Crippen LogP contribution in [0, 0.1) is 10.1 Å². The Hall–Kier alpha value is -2.37. The summed E-state index contributed by atoms with van der Waals surface area (Å²) in [6.07, 6.45) is 3.01. The van der Waals surface area contributed by atoms with Crippen LogP contribution in [0.2, 0.25) is 0 Å². The summed E-state index contributed by atoms with van der Waals surface area (Å²) in [4.78, 5) is 13.9. The second-order valence-electron chi connectivity index (χ2n) is 3.11. The molecule has 0 unspecified atom stereocenters. The summed E-state index contributed by atoms with van der Waals surface area (Å²) in [6, 6.07) is 6.74. The molecule has 1 aromatic carbocycles. The number of oxazole rings is 1. The average molecular weight is 219 g/mol. The van der Waals surface area contributed by atoms with Gasteiger partial charge in [0, 0.05) is 18.7 Å². The zero-order chi connectivity index (χ0) is 11.4. The first-order valence-electron chi connectivity index (χ1n) is 4.62. The third-order valence-corrected chi connectivity index (χ3v) is 2.02. The number of anilines is 1. The highest BCUT2D eigenvalue weighted by atomic mass is 16.6. The number of nitro groups is 1. The molecular formula is C10H9N3O3. The fourth-order valence-electron chi connectivity index (χ4n) is 1.22. The molecule has 6 nitrogen and oxygen atoms in total. The number of nitrogens with zero attached hydrogens (tertiary/aromatic N) is 2. The van der Waals surface area contributed by atoms with E-state index in [0.717, 1.165) is 5.56 Å². The lowest BCUT2D eigenvalue weighted by Gasteiger charge is -2.01. The summed E-state index contributed by atoms with van der Waals surface area (Å²) in [5.41, 5.74) is 1.00. The predicted octanol–water partition coefficient (Wildman–Crippen LogP) is 2.19. The van der Waals surface area contributed by atoms with Crippen LogP contribution in [-0.2, 0) is 6.54 Å². The van der Waals surface area contributed by atoms with E-state index in [1.807, 2.05) is 0 Å². The minimum Gasteiger partial charge on any atom is -0.432 e. The van der Waals surface area contributed by atoms with Gasteiger partial charge >= 0.3 is 0 Å². The van der Waals surface area contributed by atoms with Crippen LogP contribution in [0.1, 0.15) is 5.56 Å². The Bertz CT molecular complexity index is 465. The maximum absolute atomic E-state index is 10.4. The van der Waals surface area contributed by atoms with Gasteiger partial charge in [0.15, 0.2) is 0 Å². The van der Waals surface area contributed by atoms with E-state index in [9.17, 15) is 10.1 Å². The Morgan fingerprint density at radius 1 is 1.38 bits per heavy atom. The molecule has 0 aliphatic heterocycles. The number of benzene rings is 1. The van der Waals surface area contributed by atoms with Crippen molar-refractivity contribution in [2.24, 2.45) is 0 Å². The molecule has 6 heteroatoms. The van der Waals surface area contributed by atoms with Crippen LogP contribution in [0.25, 0.3) is 0 Å². The molecule has 0 atom stereocenters. The first kappa shape index (κ1) is 10.2. The zero-order valence-electron chi connectivity index (χ0n) is 8.29. The van der Waals surface area contributed by atoms with Crippen LogP contribution < -0.4 is 5.32 Å². The van der Waals surface area contributed by atoms with Gasteiger partial charge in [-0.1, -0.05) is 12.1 Å². The normalized spacial score (nSPS) is 10.0. The SMILES string of the molecule is O=[N+]([O-])c1ccc(CNc2ncco2)cc1. The smallest absolute Gasteiger partial charge is 0.294 e. The van der Waals surface area contributed by atoms with Gasteiger partial charge in [-0.2, -0.15) is 0 Å². The molecule has 16 heavy (non-hydrogen) atoms. The molecule has 0 fully saturated rings. The van der Waals surface area contributed by atoms with Crippen LogP contribution in [0.15, 0.2) is 41.1 Å². The third kappa shape index (κ3) is 2.35. The van der Waals surface area contributed by atoms with Crippen LogP contribution in [0.3, 0.4) is 0 Å². The van der Waals surface area contributed by atoms with Crippen LogP contribution in [0.4, 0.5) is 11.7 Å². The number of nitro benzene ring substituents is 1. The van der Waals surface area contributed by atoms with Crippen molar-refractivity contribution >= 4 is 11.7 Å². The maximum atomic E-state index is 10.4. The number of hydrogen-bond acceptors (Lipinski definition) is 5. The molecule has 0 aliphatic rings. The molecule has 1 heterocycles. The second-order valence-corrected chi connectivity index (χ2v) is 3.11. The van der Waals surface area contributed by atoms with Gasteiger partial charge in [-0.05, 0) is 5.56 Å². The van der Waals surface area contributed by atoms with Crippen molar-refractivity contribution < 1.29 is 9.34 Å². The number of aromatic nitrogens is 1. The van der Waals surface area contributed by atoms with Gasteiger partial charge in [0.25, 0.3) is 11.7 Å². The van der Waals surface area contributed by atoms with Crippen molar-refractivity contribution in [2.45, 2.75) is 6.54 Å². The Balaban J connectivity index is 1.98. The molecule has 1 N–H and O–H groups in total. The average Bonchev–Trinajstić information content (AvgIpc) is 2.80. The van der Waals surface area contributed by atoms with E-state index in [2.05, 4.69) is 10.3 Å². The number of hydrogen-bond donors (Lipinski definition) is 1. The van der Waals surface area contributed by atoms with Crippen molar-refractivity contribution in [2.75, 3.05) is 5.32 Å². The zero-order valence-corrected chi connectivity index (χ0v) is 8.29. The van der Waals surface area contributed by atoms with Crippen molar-refractivity contribution in [1.29, 1.82) is 0 Å². The van der Waals surface area contributed by atoms with Gasteiger partial charge in [-0.25, -0.2) is 4.98 Å². The molecule has 0 saturated carbocycles. The maximum Gasteiger partial charge on any atom is 0.294 e. The van der Waals surface area contributed by atoms with Crippen LogP contribution in [-0.4, -0.2) is 9.91 Å². The summed E-state index contributed by atoms with van der Waals surface area (Å²) >= 11 is 0. The molecule has 2 aromatic rings. The lowest BCUT2D eigenvalue weighted by Crippen LogP contribution is -1.99.